The van der Waals surface area contributed by atoms with Gasteiger partial charge in [0.1, 0.15) is 11.9 Å². The summed E-state index contributed by atoms with van der Waals surface area (Å²) in [4.78, 5) is 38.9. The summed E-state index contributed by atoms with van der Waals surface area (Å²) in [6.07, 6.45) is 1.77. The minimum absolute atomic E-state index is 0.0174. The second-order valence-corrected chi connectivity index (χ2v) is 10.6. The van der Waals surface area contributed by atoms with Crippen molar-refractivity contribution >= 4 is 29.7 Å². The van der Waals surface area contributed by atoms with Crippen LogP contribution < -0.4 is 5.32 Å². The first-order valence-corrected chi connectivity index (χ1v) is 12.8. The van der Waals surface area contributed by atoms with Crippen molar-refractivity contribution in [3.8, 4) is 11.1 Å². The van der Waals surface area contributed by atoms with E-state index >= 15 is 0 Å². The number of hydrogen-bond acceptors (Lipinski definition) is 5. The van der Waals surface area contributed by atoms with Gasteiger partial charge in [0.15, 0.2) is 0 Å². The van der Waals surface area contributed by atoms with Gasteiger partial charge in [-0.25, -0.2) is 4.79 Å². The molecule has 2 aromatic rings. The van der Waals surface area contributed by atoms with Crippen LogP contribution in [-0.2, 0) is 14.3 Å². The highest BCUT2D eigenvalue weighted by Crippen LogP contribution is 2.45. The number of alkyl carbamates (subject to hydrolysis) is 1. The molecule has 178 valence electrons. The Morgan fingerprint density at radius 1 is 1.06 bits per heavy atom. The molecule has 0 bridgehead atoms. The first-order valence-electron chi connectivity index (χ1n) is 11.7. The quantitative estimate of drug-likeness (QED) is 0.654. The molecule has 8 heteroatoms. The molecule has 1 saturated carbocycles. The molecule has 2 amide bonds. The molecule has 1 atom stereocenters. The lowest BCUT2D eigenvalue weighted by molar-refractivity contribution is -0.148. The van der Waals surface area contributed by atoms with E-state index < -0.39 is 22.7 Å². The molecule has 5 rings (SSSR count). The molecule has 1 unspecified atom stereocenters. The monoisotopic (exact) mass is 480 g/mol. The second-order valence-electron chi connectivity index (χ2n) is 9.26. The van der Waals surface area contributed by atoms with E-state index in [0.29, 0.717) is 25.1 Å². The van der Waals surface area contributed by atoms with Gasteiger partial charge in [0, 0.05) is 31.3 Å². The summed E-state index contributed by atoms with van der Waals surface area (Å²) in [7, 11) is 0. The normalized spacial score (nSPS) is 20.6. The third-order valence-electron chi connectivity index (χ3n) is 7.31. The average molecular weight is 481 g/mol. The molecule has 34 heavy (non-hydrogen) atoms. The fourth-order valence-electron chi connectivity index (χ4n) is 5.28. The molecule has 0 aromatic heterocycles. The van der Waals surface area contributed by atoms with Crippen molar-refractivity contribution in [1.82, 2.24) is 10.2 Å². The molecule has 0 radical (unpaired) electrons. The van der Waals surface area contributed by atoms with Gasteiger partial charge < -0.3 is 20.1 Å². The second kappa shape index (κ2) is 9.33. The number of nitrogens with one attached hydrogen (secondary N) is 1. The van der Waals surface area contributed by atoms with E-state index in [4.69, 9.17) is 4.74 Å². The zero-order chi connectivity index (χ0) is 23.7. The fraction of sp³-hybridized carbons (Fsp3) is 0.423. The Bertz CT molecular complexity index is 1070. The van der Waals surface area contributed by atoms with Crippen molar-refractivity contribution in [2.24, 2.45) is 5.41 Å². The van der Waals surface area contributed by atoms with Gasteiger partial charge in [-0.15, -0.1) is 11.8 Å². The van der Waals surface area contributed by atoms with Crippen LogP contribution >= 0.6 is 11.8 Å². The number of carbonyl (C=O) groups excluding carboxylic acids is 2. The molecular weight excluding hydrogens is 452 g/mol. The molecule has 1 aliphatic heterocycles. The van der Waals surface area contributed by atoms with Gasteiger partial charge in [0.25, 0.3) is 0 Å². The van der Waals surface area contributed by atoms with Gasteiger partial charge in [-0.05, 0) is 35.1 Å². The Morgan fingerprint density at radius 2 is 1.71 bits per heavy atom. The number of aliphatic carboxylic acids is 1. The van der Waals surface area contributed by atoms with Gasteiger partial charge in [0.05, 0.1) is 5.41 Å². The highest BCUT2D eigenvalue weighted by molar-refractivity contribution is 8.00. The molecular formula is C26H28N2O5S. The number of ether oxygens (including phenoxy) is 1. The Kier molecular flexibility index (Phi) is 6.25. The van der Waals surface area contributed by atoms with Crippen LogP contribution in [0.1, 0.15) is 36.3 Å². The van der Waals surface area contributed by atoms with Gasteiger partial charge in [-0.2, -0.15) is 0 Å². The van der Waals surface area contributed by atoms with E-state index in [2.05, 4.69) is 29.6 Å². The van der Waals surface area contributed by atoms with E-state index in [0.717, 1.165) is 17.5 Å². The van der Waals surface area contributed by atoms with Crippen molar-refractivity contribution in [2.45, 2.75) is 30.4 Å². The first-order chi connectivity index (χ1) is 16.5. The summed E-state index contributed by atoms with van der Waals surface area (Å²) in [6, 6.07) is 16.4. The topological polar surface area (TPSA) is 95.9 Å². The van der Waals surface area contributed by atoms with Gasteiger partial charge in [-0.3, -0.25) is 9.59 Å². The third kappa shape index (κ3) is 4.15. The number of rotatable bonds is 6. The number of carboxylic acids is 1. The smallest absolute Gasteiger partial charge is 0.407 e. The zero-order valence-electron chi connectivity index (χ0n) is 18.9. The van der Waals surface area contributed by atoms with Crippen molar-refractivity contribution in [3.05, 3.63) is 59.7 Å². The Balaban J connectivity index is 1.19. The maximum atomic E-state index is 13.3. The minimum Gasteiger partial charge on any atom is -0.480 e. The summed E-state index contributed by atoms with van der Waals surface area (Å²) in [5.74, 6) is -0.346. The predicted octanol–water partition coefficient (Wildman–Crippen LogP) is 3.72. The van der Waals surface area contributed by atoms with E-state index in [-0.39, 0.29) is 31.5 Å². The number of nitrogens with zero attached hydrogens (tertiary/aromatic N) is 1. The van der Waals surface area contributed by atoms with Crippen LogP contribution in [0.5, 0.6) is 0 Å². The van der Waals surface area contributed by atoms with Crippen molar-refractivity contribution in [3.63, 3.8) is 0 Å². The number of thioether (sulfide) groups is 1. The molecule has 7 nitrogen and oxygen atoms in total. The number of hydrogen-bond donors (Lipinski definition) is 2. The molecule has 2 fully saturated rings. The van der Waals surface area contributed by atoms with Gasteiger partial charge >= 0.3 is 12.1 Å². The van der Waals surface area contributed by atoms with Crippen LogP contribution in [0.2, 0.25) is 0 Å². The Labute approximate surface area is 202 Å². The zero-order valence-corrected chi connectivity index (χ0v) is 19.7. The summed E-state index contributed by atoms with van der Waals surface area (Å²) in [6.45, 7) is 1.19. The van der Waals surface area contributed by atoms with Crippen molar-refractivity contribution < 1.29 is 24.2 Å². The molecule has 3 aliphatic rings. The average Bonchev–Trinajstić information content (AvgIpc) is 3.15. The first kappa shape index (κ1) is 22.8. The molecule has 2 N–H and O–H groups in total. The van der Waals surface area contributed by atoms with Crippen LogP contribution in [0.4, 0.5) is 4.79 Å². The fourth-order valence-corrected chi connectivity index (χ4v) is 6.32. The lowest BCUT2D eigenvalue weighted by atomic mass is 9.67. The van der Waals surface area contributed by atoms with Crippen molar-refractivity contribution in [2.75, 3.05) is 32.0 Å². The lowest BCUT2D eigenvalue weighted by Crippen LogP contribution is -2.56. The lowest BCUT2D eigenvalue weighted by Gasteiger charge is -2.45. The van der Waals surface area contributed by atoms with Crippen molar-refractivity contribution in [1.29, 1.82) is 0 Å². The minimum atomic E-state index is -0.887. The Hall–Kier alpha value is -3.00. The van der Waals surface area contributed by atoms with Crippen LogP contribution in [0.15, 0.2) is 48.5 Å². The SMILES string of the molecule is O=C(NCC1(C(=O)N2CCSC(C(=O)O)C2)CCC1)OCC1c2ccccc2-c2ccccc21. The molecule has 1 saturated heterocycles. The summed E-state index contributed by atoms with van der Waals surface area (Å²) in [5, 5.41) is 11.6. The largest absolute Gasteiger partial charge is 0.480 e. The third-order valence-corrected chi connectivity index (χ3v) is 8.48. The number of carboxylic acid groups (broad SMARTS) is 1. The summed E-state index contributed by atoms with van der Waals surface area (Å²) < 4.78 is 5.62. The van der Waals surface area contributed by atoms with Crippen LogP contribution in [0.25, 0.3) is 11.1 Å². The van der Waals surface area contributed by atoms with Crippen LogP contribution in [0.3, 0.4) is 0 Å². The molecule has 2 aromatic carbocycles. The summed E-state index contributed by atoms with van der Waals surface area (Å²) >= 11 is 1.37. The number of fused-ring (bicyclic) bond motifs is 3. The standard InChI is InChI=1S/C26H28N2O5S/c29-23(30)22-14-28(12-13-34-22)24(31)26(10-5-11-26)16-27-25(32)33-15-21-19-8-3-1-6-17(19)18-7-2-4-9-20(18)21/h1-4,6-9,21-22H,5,10-16H2,(H,27,32)(H,29,30). The highest BCUT2D eigenvalue weighted by atomic mass is 32.2. The van der Waals surface area contributed by atoms with E-state index in [9.17, 15) is 19.5 Å². The maximum absolute atomic E-state index is 13.3. The van der Waals surface area contributed by atoms with Crippen LogP contribution in [0, 0.1) is 5.41 Å². The molecule has 1 heterocycles. The van der Waals surface area contributed by atoms with Gasteiger partial charge in [-0.1, -0.05) is 55.0 Å². The predicted molar refractivity (Wildman–Crippen MR) is 130 cm³/mol. The maximum Gasteiger partial charge on any atom is 0.407 e. The van der Waals surface area contributed by atoms with Crippen LogP contribution in [-0.4, -0.2) is 65.2 Å². The highest BCUT2D eigenvalue weighted by Gasteiger charge is 2.47. The van der Waals surface area contributed by atoms with E-state index in [1.165, 1.54) is 22.9 Å². The molecule has 0 spiro atoms. The number of amides is 2. The number of benzene rings is 2. The Morgan fingerprint density at radius 3 is 2.29 bits per heavy atom. The summed E-state index contributed by atoms with van der Waals surface area (Å²) in [5.41, 5.74) is 3.99. The molecule has 2 aliphatic carbocycles. The van der Waals surface area contributed by atoms with E-state index in [1.54, 1.807) is 4.90 Å². The number of carbonyl (C=O) groups is 3. The van der Waals surface area contributed by atoms with E-state index in [1.807, 2.05) is 24.3 Å². The van der Waals surface area contributed by atoms with Gasteiger partial charge in [0.2, 0.25) is 5.91 Å².